The summed E-state index contributed by atoms with van der Waals surface area (Å²) in [5.74, 6) is -0.807. The van der Waals surface area contributed by atoms with Crippen molar-refractivity contribution < 1.29 is 14.4 Å². The summed E-state index contributed by atoms with van der Waals surface area (Å²) in [6, 6.07) is 5.69. The number of carbonyl (C=O) groups is 3. The van der Waals surface area contributed by atoms with Crippen molar-refractivity contribution in [3.8, 4) is 0 Å². The summed E-state index contributed by atoms with van der Waals surface area (Å²) in [7, 11) is 0. The van der Waals surface area contributed by atoms with Gasteiger partial charge in [0.25, 0.3) is 0 Å². The fraction of sp³-hybridized carbons (Fsp3) is 0.231. The largest absolute Gasteiger partial charge is 0.335 e. The Balaban J connectivity index is 1.73. The lowest BCUT2D eigenvalue weighted by molar-refractivity contribution is -0.124. The Labute approximate surface area is 131 Å². The lowest BCUT2D eigenvalue weighted by Crippen LogP contribution is -2.62. The van der Waals surface area contributed by atoms with Gasteiger partial charge in [-0.3, -0.25) is 20.3 Å². The van der Waals surface area contributed by atoms with Gasteiger partial charge in [0.05, 0.1) is 6.21 Å². The van der Waals surface area contributed by atoms with Crippen LogP contribution in [0.25, 0.3) is 0 Å². The van der Waals surface area contributed by atoms with E-state index in [-0.39, 0.29) is 18.7 Å². The number of halogens is 1. The second-order valence-corrected chi connectivity index (χ2v) is 4.96. The number of rotatable bonds is 5. The van der Waals surface area contributed by atoms with Gasteiger partial charge < -0.3 is 0 Å². The van der Waals surface area contributed by atoms with Gasteiger partial charge in [-0.15, -0.1) is 0 Å². The van der Waals surface area contributed by atoms with Crippen LogP contribution < -0.4 is 21.6 Å². The Morgan fingerprint density at radius 1 is 1.32 bits per heavy atom. The van der Waals surface area contributed by atoms with Gasteiger partial charge in [0.2, 0.25) is 11.8 Å². The van der Waals surface area contributed by atoms with Crippen LogP contribution in [0.2, 0.25) is 5.02 Å². The Morgan fingerprint density at radius 3 is 2.73 bits per heavy atom. The molecule has 0 aromatic heterocycles. The van der Waals surface area contributed by atoms with E-state index in [1.807, 2.05) is 0 Å². The van der Waals surface area contributed by atoms with Crippen LogP contribution >= 0.6 is 11.6 Å². The van der Waals surface area contributed by atoms with Gasteiger partial charge in [-0.1, -0.05) is 23.7 Å². The highest BCUT2D eigenvalue weighted by Crippen LogP contribution is 2.07. The standard InChI is InChI=1S/C13H14ClN5O3/c14-9-3-1-8(2-4-9)7-15-18-11(20)6-5-10-12(21)16-13(22)19-17-10/h1-4,7,10,17H,5-6H2,(H,18,20)(H2,16,19,21,22)/b15-7+. The maximum Gasteiger partial charge on any atom is 0.335 e. The zero-order chi connectivity index (χ0) is 15.9. The Bertz CT molecular complexity index is 602. The fourth-order valence-corrected chi connectivity index (χ4v) is 1.84. The second-order valence-electron chi connectivity index (χ2n) is 4.52. The highest BCUT2D eigenvalue weighted by Gasteiger charge is 2.25. The summed E-state index contributed by atoms with van der Waals surface area (Å²) in [6.07, 6.45) is 1.80. The van der Waals surface area contributed by atoms with Crippen molar-refractivity contribution in [1.82, 2.24) is 21.6 Å². The molecule has 1 aromatic carbocycles. The number of hydrazine groups is 1. The molecule has 1 unspecified atom stereocenters. The van der Waals surface area contributed by atoms with Gasteiger partial charge in [0.15, 0.2) is 0 Å². The molecule has 4 amide bonds. The number of nitrogens with one attached hydrogen (secondary N) is 4. The molecule has 22 heavy (non-hydrogen) atoms. The number of nitrogens with zero attached hydrogens (tertiary/aromatic N) is 1. The third-order valence-corrected chi connectivity index (χ3v) is 3.10. The highest BCUT2D eigenvalue weighted by molar-refractivity contribution is 6.30. The fourth-order valence-electron chi connectivity index (χ4n) is 1.71. The van der Waals surface area contributed by atoms with Crippen molar-refractivity contribution in [2.24, 2.45) is 5.10 Å². The summed E-state index contributed by atoms with van der Waals surface area (Å²) < 4.78 is 0. The van der Waals surface area contributed by atoms with Crippen molar-refractivity contribution in [1.29, 1.82) is 0 Å². The molecule has 1 aliphatic rings. The zero-order valence-electron chi connectivity index (χ0n) is 11.4. The SMILES string of the molecule is O=C(CCC1NNC(=O)NC1=O)N/N=C/c1ccc(Cl)cc1. The maximum absolute atomic E-state index is 11.6. The molecule has 1 aliphatic heterocycles. The van der Waals surface area contributed by atoms with E-state index in [4.69, 9.17) is 11.6 Å². The van der Waals surface area contributed by atoms with E-state index in [0.717, 1.165) is 5.56 Å². The third-order valence-electron chi connectivity index (χ3n) is 2.85. The first kappa shape index (κ1) is 15.9. The highest BCUT2D eigenvalue weighted by atomic mass is 35.5. The van der Waals surface area contributed by atoms with Crippen LogP contribution in [0.1, 0.15) is 18.4 Å². The third kappa shape index (κ3) is 4.83. The van der Waals surface area contributed by atoms with E-state index < -0.39 is 18.0 Å². The van der Waals surface area contributed by atoms with Crippen molar-refractivity contribution in [3.05, 3.63) is 34.9 Å². The molecule has 1 aromatic rings. The molecule has 1 atom stereocenters. The number of hydrogen-bond donors (Lipinski definition) is 4. The number of urea groups is 1. The normalized spacial score (nSPS) is 18.0. The molecule has 1 heterocycles. The minimum Gasteiger partial charge on any atom is -0.276 e. The molecule has 1 saturated heterocycles. The van der Waals surface area contributed by atoms with Crippen LogP contribution in [0, 0.1) is 0 Å². The first-order valence-corrected chi connectivity index (χ1v) is 6.86. The molecule has 8 nitrogen and oxygen atoms in total. The van der Waals surface area contributed by atoms with Gasteiger partial charge in [-0.25, -0.2) is 15.6 Å². The van der Waals surface area contributed by atoms with Gasteiger partial charge in [0.1, 0.15) is 6.04 Å². The Kier molecular flexibility index (Phi) is 5.45. The molecular weight excluding hydrogens is 310 g/mol. The van der Waals surface area contributed by atoms with Crippen molar-refractivity contribution in [3.63, 3.8) is 0 Å². The number of benzene rings is 1. The lowest BCUT2D eigenvalue weighted by atomic mass is 10.1. The first-order valence-electron chi connectivity index (χ1n) is 6.48. The molecule has 0 spiro atoms. The van der Waals surface area contributed by atoms with E-state index in [2.05, 4.69) is 26.7 Å². The first-order chi connectivity index (χ1) is 10.5. The minimum absolute atomic E-state index is 0.0823. The molecule has 0 bridgehead atoms. The van der Waals surface area contributed by atoms with Gasteiger partial charge in [-0.05, 0) is 24.1 Å². The average molecular weight is 324 g/mol. The number of carbonyl (C=O) groups excluding carboxylic acids is 3. The van der Waals surface area contributed by atoms with Crippen LogP contribution in [0.15, 0.2) is 29.4 Å². The monoisotopic (exact) mass is 323 g/mol. The predicted molar refractivity (Wildman–Crippen MR) is 80.0 cm³/mol. The minimum atomic E-state index is -0.649. The predicted octanol–water partition coefficient (Wildman–Crippen LogP) is 0.283. The number of hydrazone groups is 1. The van der Waals surface area contributed by atoms with Gasteiger partial charge in [0, 0.05) is 11.4 Å². The summed E-state index contributed by atoms with van der Waals surface area (Å²) >= 11 is 5.75. The van der Waals surface area contributed by atoms with E-state index in [1.165, 1.54) is 6.21 Å². The second kappa shape index (κ2) is 7.53. The van der Waals surface area contributed by atoms with E-state index in [0.29, 0.717) is 5.02 Å². The van der Waals surface area contributed by atoms with Crippen LogP contribution in [0.4, 0.5) is 4.79 Å². The maximum atomic E-state index is 11.6. The summed E-state index contributed by atoms with van der Waals surface area (Å²) in [6.45, 7) is 0. The van der Waals surface area contributed by atoms with Crippen molar-refractivity contribution in [2.45, 2.75) is 18.9 Å². The van der Waals surface area contributed by atoms with Crippen molar-refractivity contribution >= 4 is 35.7 Å². The topological polar surface area (TPSA) is 112 Å². The summed E-state index contributed by atoms with van der Waals surface area (Å²) in [4.78, 5) is 33.9. The van der Waals surface area contributed by atoms with Crippen LogP contribution in [0.5, 0.6) is 0 Å². The van der Waals surface area contributed by atoms with Crippen molar-refractivity contribution in [2.75, 3.05) is 0 Å². The average Bonchev–Trinajstić information content (AvgIpc) is 2.48. The molecule has 0 aliphatic carbocycles. The van der Waals surface area contributed by atoms with Crippen LogP contribution in [0.3, 0.4) is 0 Å². The lowest BCUT2D eigenvalue weighted by Gasteiger charge is -2.22. The van der Waals surface area contributed by atoms with Gasteiger partial charge >= 0.3 is 6.03 Å². The van der Waals surface area contributed by atoms with Gasteiger partial charge in [-0.2, -0.15) is 5.10 Å². The number of imide groups is 1. The summed E-state index contributed by atoms with van der Waals surface area (Å²) in [5, 5.41) is 6.52. The Morgan fingerprint density at radius 2 is 2.05 bits per heavy atom. The molecular formula is C13H14ClN5O3. The molecule has 1 fully saturated rings. The molecule has 2 rings (SSSR count). The molecule has 4 N–H and O–H groups in total. The summed E-state index contributed by atoms with van der Waals surface area (Å²) in [5.41, 5.74) is 7.93. The molecule has 116 valence electrons. The van der Waals surface area contributed by atoms with Crippen LogP contribution in [-0.2, 0) is 9.59 Å². The van der Waals surface area contributed by atoms with E-state index >= 15 is 0 Å². The van der Waals surface area contributed by atoms with Crippen LogP contribution in [-0.4, -0.2) is 30.1 Å². The quantitative estimate of drug-likeness (QED) is 0.460. The number of hydrogen-bond acceptors (Lipinski definition) is 5. The smallest absolute Gasteiger partial charge is 0.276 e. The molecule has 9 heteroatoms. The Hall–Kier alpha value is -2.45. The number of amides is 4. The zero-order valence-corrected chi connectivity index (χ0v) is 12.2. The molecule has 0 saturated carbocycles. The molecule has 0 radical (unpaired) electrons. The van der Waals surface area contributed by atoms with E-state index in [9.17, 15) is 14.4 Å². The van der Waals surface area contributed by atoms with E-state index in [1.54, 1.807) is 24.3 Å².